The summed E-state index contributed by atoms with van der Waals surface area (Å²) >= 11 is 5.79. The Morgan fingerprint density at radius 1 is 1.31 bits per heavy atom. The predicted octanol–water partition coefficient (Wildman–Crippen LogP) is 5.31. The predicted molar refractivity (Wildman–Crippen MR) is 102 cm³/mol. The third kappa shape index (κ3) is 6.67. The Labute approximate surface area is 161 Å². The first kappa shape index (κ1) is 22.0. The summed E-state index contributed by atoms with van der Waals surface area (Å²) in [6, 6.07) is 13.4. The average molecular weight is 398 g/mol. The van der Waals surface area contributed by atoms with Crippen LogP contribution in [0.5, 0.6) is 0 Å². The zero-order valence-corrected chi connectivity index (χ0v) is 16.0. The maximum Gasteiger partial charge on any atom is 0.401 e. The third-order valence-corrected chi connectivity index (χ3v) is 4.67. The molecule has 6 nitrogen and oxygen atoms in total. The summed E-state index contributed by atoms with van der Waals surface area (Å²) in [6.07, 6.45) is 0.726. The normalized spacial score (nSPS) is 11.2. The lowest BCUT2D eigenvalue weighted by Gasteiger charge is -2.14. The van der Waals surface area contributed by atoms with Crippen LogP contribution in [0.15, 0.2) is 52.3 Å². The fourth-order valence-electron chi connectivity index (χ4n) is 2.27. The number of hydrogen-bond donors (Lipinski definition) is 2. The van der Waals surface area contributed by atoms with Crippen LogP contribution in [0.25, 0.3) is 0 Å². The number of aliphatic hydroxyl groups is 1. The van der Waals surface area contributed by atoms with Crippen LogP contribution in [0.2, 0.25) is 0 Å². The molecule has 1 atom stereocenters. The van der Waals surface area contributed by atoms with Gasteiger partial charge in [0.25, 0.3) is 5.69 Å². The zero-order chi connectivity index (χ0) is 19.7. The number of hydrogen-bond acceptors (Lipinski definition) is 5. The highest BCUT2D eigenvalue weighted by molar-refractivity contribution is 7.99. The molecular weight excluding hydrogens is 378 g/mol. The minimum Gasteiger partial charge on any atom is -0.469 e. The van der Waals surface area contributed by atoms with Gasteiger partial charge in [0.1, 0.15) is 0 Å². The molecule has 2 aromatic carbocycles. The molecule has 0 fully saturated rings. The van der Waals surface area contributed by atoms with E-state index in [1.165, 1.54) is 0 Å². The van der Waals surface area contributed by atoms with Gasteiger partial charge in [0.2, 0.25) is 0 Å². The van der Waals surface area contributed by atoms with Gasteiger partial charge in [-0.05, 0) is 30.2 Å². The second-order valence-corrected chi connectivity index (χ2v) is 6.82. The van der Waals surface area contributed by atoms with Crippen molar-refractivity contribution in [2.45, 2.75) is 36.0 Å². The second kappa shape index (κ2) is 10.8. The number of nitro groups is 1. The Balaban J connectivity index is 0.000000765. The first-order chi connectivity index (χ1) is 12.3. The Kier molecular flexibility index (Phi) is 9.12. The summed E-state index contributed by atoms with van der Waals surface area (Å²) in [4.78, 5) is 21.8. The van der Waals surface area contributed by atoms with E-state index in [-0.39, 0.29) is 23.1 Å². The summed E-state index contributed by atoms with van der Waals surface area (Å²) in [5.41, 5.74) is 0.272. The summed E-state index contributed by atoms with van der Waals surface area (Å²) in [6.45, 7) is 3.68. The first-order valence-electron chi connectivity index (χ1n) is 7.83. The summed E-state index contributed by atoms with van der Waals surface area (Å²) in [7, 11) is 0. The van der Waals surface area contributed by atoms with E-state index in [0.717, 1.165) is 21.8 Å². The van der Waals surface area contributed by atoms with Crippen molar-refractivity contribution in [3.8, 4) is 0 Å². The van der Waals surface area contributed by atoms with Crippen LogP contribution in [0, 0.1) is 10.1 Å². The monoisotopic (exact) mass is 397 g/mol. The van der Waals surface area contributed by atoms with E-state index in [2.05, 4.69) is 11.6 Å². The van der Waals surface area contributed by atoms with Crippen molar-refractivity contribution < 1.29 is 19.9 Å². The molecule has 0 saturated heterocycles. The number of carboxylic acid groups (broad SMARTS) is 1. The third-order valence-electron chi connectivity index (χ3n) is 3.56. The van der Waals surface area contributed by atoms with Crippen molar-refractivity contribution in [3.05, 3.63) is 63.7 Å². The quantitative estimate of drug-likeness (QED) is 0.389. The van der Waals surface area contributed by atoms with Crippen LogP contribution in [-0.4, -0.2) is 27.2 Å². The smallest absolute Gasteiger partial charge is 0.401 e. The Hall–Kier alpha value is -2.09. The molecule has 0 aromatic heterocycles. The maximum absolute atomic E-state index is 11.3. The van der Waals surface area contributed by atoms with Gasteiger partial charge in [0, 0.05) is 45.5 Å². The molecule has 26 heavy (non-hydrogen) atoms. The van der Waals surface area contributed by atoms with Crippen LogP contribution in [0.3, 0.4) is 0 Å². The minimum atomic E-state index is -1.36. The van der Waals surface area contributed by atoms with Gasteiger partial charge in [-0.15, -0.1) is 0 Å². The molecule has 0 radical (unpaired) electrons. The van der Waals surface area contributed by atoms with Gasteiger partial charge >= 0.3 is 5.43 Å². The molecule has 0 amide bonds. The van der Waals surface area contributed by atoms with Crippen LogP contribution in [0.4, 0.5) is 10.5 Å². The Bertz CT molecular complexity index is 751. The molecule has 0 aliphatic heterocycles. The first-order valence-corrected chi connectivity index (χ1v) is 9.02. The molecule has 140 valence electrons. The van der Waals surface area contributed by atoms with E-state index in [4.69, 9.17) is 9.90 Å². The Morgan fingerprint density at radius 2 is 1.88 bits per heavy atom. The number of rotatable bonds is 6. The summed E-state index contributed by atoms with van der Waals surface area (Å²) in [5.74, 6) is -0.263. The summed E-state index contributed by atoms with van der Waals surface area (Å²) < 4.78 is 0. The molecule has 0 bridgehead atoms. The van der Waals surface area contributed by atoms with E-state index < -0.39 is 5.43 Å². The van der Waals surface area contributed by atoms with Crippen molar-refractivity contribution in [2.75, 3.05) is 6.61 Å². The molecule has 2 N–H and O–H groups in total. The number of nitrogens with zero attached hydrogens (tertiary/aromatic N) is 1. The lowest BCUT2D eigenvalue weighted by atomic mass is 9.97. The molecule has 2 rings (SSSR count). The molecule has 2 aromatic rings. The topological polar surface area (TPSA) is 101 Å². The molecule has 0 spiro atoms. The maximum atomic E-state index is 11.3. The fraction of sp³-hybridized carbons (Fsp3) is 0.278. The van der Waals surface area contributed by atoms with Gasteiger partial charge in [-0.1, -0.05) is 43.8 Å². The molecule has 0 saturated carbocycles. The fourth-order valence-corrected chi connectivity index (χ4v) is 3.33. The average Bonchev–Trinajstić information content (AvgIpc) is 2.61. The van der Waals surface area contributed by atoms with Gasteiger partial charge < -0.3 is 10.2 Å². The van der Waals surface area contributed by atoms with Gasteiger partial charge in [-0.2, -0.15) is 0 Å². The molecule has 0 aliphatic carbocycles. The summed E-state index contributed by atoms with van der Waals surface area (Å²) in [5, 5.41) is 27.9. The van der Waals surface area contributed by atoms with Crippen molar-refractivity contribution >= 4 is 34.5 Å². The van der Waals surface area contributed by atoms with Crippen LogP contribution < -0.4 is 0 Å². The second-order valence-electron chi connectivity index (χ2n) is 5.38. The molecule has 0 heterocycles. The van der Waals surface area contributed by atoms with Gasteiger partial charge in [0.05, 0.1) is 4.92 Å². The van der Waals surface area contributed by atoms with E-state index in [9.17, 15) is 15.2 Å². The van der Waals surface area contributed by atoms with Gasteiger partial charge in [0.15, 0.2) is 0 Å². The lowest BCUT2D eigenvalue weighted by molar-refractivity contribution is -0.385. The molecule has 8 heteroatoms. The number of benzene rings is 2. The SMILES string of the molecule is CCc1cc([N+](=O)[O-])c(C(C)CO)cc1Sc1ccccc1.O=C(O)Cl. The lowest BCUT2D eigenvalue weighted by Crippen LogP contribution is -2.05. The Morgan fingerprint density at radius 3 is 2.35 bits per heavy atom. The molecule has 1 unspecified atom stereocenters. The molecule has 0 aliphatic rings. The highest BCUT2D eigenvalue weighted by Gasteiger charge is 2.21. The number of aryl methyl sites for hydroxylation is 1. The van der Waals surface area contributed by atoms with Gasteiger partial charge in [-0.3, -0.25) is 10.1 Å². The number of halogens is 1. The van der Waals surface area contributed by atoms with Crippen LogP contribution in [-0.2, 0) is 6.42 Å². The van der Waals surface area contributed by atoms with Crippen LogP contribution >= 0.6 is 23.4 Å². The standard InChI is InChI=1S/C17H19NO3S.CHClO2/c1-3-13-9-16(18(20)21)15(12(2)11-19)10-17(13)22-14-7-5-4-6-8-14;2-1(3)4/h4-10,12,19H,3,11H2,1-2H3;(H,3,4). The van der Waals surface area contributed by atoms with E-state index in [1.807, 2.05) is 43.3 Å². The zero-order valence-electron chi connectivity index (χ0n) is 14.4. The number of carbonyl (C=O) groups is 1. The van der Waals surface area contributed by atoms with Gasteiger partial charge in [-0.25, -0.2) is 4.79 Å². The van der Waals surface area contributed by atoms with E-state index in [1.54, 1.807) is 24.8 Å². The largest absolute Gasteiger partial charge is 0.469 e. The number of nitro benzene ring substituents is 1. The molecular formula is C18H20ClNO5S. The van der Waals surface area contributed by atoms with E-state index >= 15 is 0 Å². The van der Waals surface area contributed by atoms with E-state index in [0.29, 0.717) is 5.56 Å². The van der Waals surface area contributed by atoms with Crippen molar-refractivity contribution in [3.63, 3.8) is 0 Å². The van der Waals surface area contributed by atoms with Crippen molar-refractivity contribution in [2.24, 2.45) is 0 Å². The van der Waals surface area contributed by atoms with Crippen LogP contribution in [0.1, 0.15) is 30.9 Å². The highest BCUT2D eigenvalue weighted by Crippen LogP contribution is 2.37. The van der Waals surface area contributed by atoms with Crippen molar-refractivity contribution in [1.82, 2.24) is 0 Å². The number of aliphatic hydroxyl groups excluding tert-OH is 1. The van der Waals surface area contributed by atoms with Crippen molar-refractivity contribution in [1.29, 1.82) is 0 Å². The minimum absolute atomic E-state index is 0.0933. The highest BCUT2D eigenvalue weighted by atomic mass is 35.5.